The minimum atomic E-state index is 0.0118. The SMILES string of the molecule is CCCCN(C(=O)c1cc(Br)cnc1NN)C1CC1. The Hall–Kier alpha value is -1.14. The number of hydrogen-bond acceptors (Lipinski definition) is 4. The fourth-order valence-corrected chi connectivity index (χ4v) is 2.37. The summed E-state index contributed by atoms with van der Waals surface area (Å²) in [7, 11) is 0. The maximum absolute atomic E-state index is 12.6. The summed E-state index contributed by atoms with van der Waals surface area (Å²) in [5.41, 5.74) is 3.02. The van der Waals surface area contributed by atoms with Crippen molar-refractivity contribution < 1.29 is 4.79 Å². The van der Waals surface area contributed by atoms with Crippen LogP contribution in [0.4, 0.5) is 5.82 Å². The second-order valence-corrected chi connectivity index (χ2v) is 5.69. The van der Waals surface area contributed by atoms with Gasteiger partial charge in [0.25, 0.3) is 5.91 Å². The van der Waals surface area contributed by atoms with E-state index >= 15 is 0 Å². The van der Waals surface area contributed by atoms with Gasteiger partial charge in [0.1, 0.15) is 0 Å². The molecule has 1 amide bonds. The molecule has 0 atom stereocenters. The first-order valence-corrected chi connectivity index (χ1v) is 7.39. The molecule has 2 rings (SSSR count). The molecule has 0 spiro atoms. The lowest BCUT2D eigenvalue weighted by molar-refractivity contribution is 0.0741. The summed E-state index contributed by atoms with van der Waals surface area (Å²) < 4.78 is 0.779. The van der Waals surface area contributed by atoms with E-state index in [2.05, 4.69) is 33.3 Å². The molecule has 3 N–H and O–H groups in total. The summed E-state index contributed by atoms with van der Waals surface area (Å²) in [5.74, 6) is 5.87. The first kappa shape index (κ1) is 14.3. The number of nitrogens with one attached hydrogen (secondary N) is 1. The number of nitrogens with two attached hydrogens (primary N) is 1. The summed E-state index contributed by atoms with van der Waals surface area (Å²) >= 11 is 3.35. The van der Waals surface area contributed by atoms with Crippen LogP contribution in [-0.4, -0.2) is 28.4 Å². The third-order valence-corrected chi connectivity index (χ3v) is 3.66. The van der Waals surface area contributed by atoms with Gasteiger partial charge < -0.3 is 10.3 Å². The van der Waals surface area contributed by atoms with Gasteiger partial charge in [0.05, 0.1) is 5.56 Å². The predicted octanol–water partition coefficient (Wildman–Crippen LogP) is 2.53. The van der Waals surface area contributed by atoms with Gasteiger partial charge in [-0.1, -0.05) is 13.3 Å². The number of carbonyl (C=O) groups is 1. The average molecular weight is 327 g/mol. The molecular weight excluding hydrogens is 308 g/mol. The summed E-state index contributed by atoms with van der Waals surface area (Å²) in [5, 5.41) is 0. The van der Waals surface area contributed by atoms with E-state index in [4.69, 9.17) is 5.84 Å². The van der Waals surface area contributed by atoms with Gasteiger partial charge in [-0.15, -0.1) is 0 Å². The zero-order valence-electron chi connectivity index (χ0n) is 11.0. The van der Waals surface area contributed by atoms with E-state index in [-0.39, 0.29) is 5.91 Å². The van der Waals surface area contributed by atoms with Crippen molar-refractivity contribution >= 4 is 27.7 Å². The molecular formula is C13H19BrN4O. The molecule has 1 aliphatic carbocycles. The molecule has 0 aliphatic heterocycles. The molecule has 1 aliphatic rings. The summed E-state index contributed by atoms with van der Waals surface area (Å²) in [6, 6.07) is 2.16. The first-order valence-electron chi connectivity index (χ1n) is 6.60. The number of nitrogens with zero attached hydrogens (tertiary/aromatic N) is 2. The Labute approximate surface area is 121 Å². The Kier molecular flexibility index (Phi) is 4.76. The molecule has 1 saturated carbocycles. The average Bonchev–Trinajstić information content (AvgIpc) is 3.23. The van der Waals surface area contributed by atoms with Gasteiger partial charge in [0.2, 0.25) is 0 Å². The smallest absolute Gasteiger partial charge is 0.257 e. The van der Waals surface area contributed by atoms with Crippen molar-refractivity contribution in [2.24, 2.45) is 5.84 Å². The van der Waals surface area contributed by atoms with Crippen molar-refractivity contribution in [3.63, 3.8) is 0 Å². The molecule has 1 heterocycles. The number of amides is 1. The third-order valence-electron chi connectivity index (χ3n) is 3.22. The Morgan fingerprint density at radius 3 is 2.95 bits per heavy atom. The number of anilines is 1. The largest absolute Gasteiger partial charge is 0.336 e. The maximum Gasteiger partial charge on any atom is 0.257 e. The van der Waals surface area contributed by atoms with Gasteiger partial charge in [-0.25, -0.2) is 10.8 Å². The summed E-state index contributed by atoms with van der Waals surface area (Å²) in [4.78, 5) is 18.7. The van der Waals surface area contributed by atoms with E-state index < -0.39 is 0 Å². The van der Waals surface area contributed by atoms with E-state index in [1.54, 1.807) is 12.3 Å². The van der Waals surface area contributed by atoms with Crippen LogP contribution in [0.1, 0.15) is 43.0 Å². The van der Waals surface area contributed by atoms with Crippen LogP contribution in [0.25, 0.3) is 0 Å². The van der Waals surface area contributed by atoms with Crippen LogP contribution in [0.5, 0.6) is 0 Å². The number of rotatable bonds is 6. The van der Waals surface area contributed by atoms with Gasteiger partial charge in [-0.05, 0) is 41.3 Å². The highest BCUT2D eigenvalue weighted by atomic mass is 79.9. The number of aromatic nitrogens is 1. The Morgan fingerprint density at radius 1 is 1.63 bits per heavy atom. The van der Waals surface area contributed by atoms with Crippen LogP contribution < -0.4 is 11.3 Å². The number of pyridine rings is 1. The minimum absolute atomic E-state index is 0.0118. The number of nitrogen functional groups attached to an aromatic ring is 1. The molecule has 0 saturated heterocycles. The molecule has 104 valence electrons. The third kappa shape index (κ3) is 3.45. The highest BCUT2D eigenvalue weighted by Crippen LogP contribution is 2.30. The monoisotopic (exact) mass is 326 g/mol. The second-order valence-electron chi connectivity index (χ2n) is 4.78. The fraction of sp³-hybridized carbons (Fsp3) is 0.538. The van der Waals surface area contributed by atoms with E-state index in [0.717, 1.165) is 36.7 Å². The Balaban J connectivity index is 2.22. The van der Waals surface area contributed by atoms with Gasteiger partial charge in [0, 0.05) is 23.3 Å². The van der Waals surface area contributed by atoms with Crippen molar-refractivity contribution in [3.05, 3.63) is 22.3 Å². The van der Waals surface area contributed by atoms with Gasteiger partial charge >= 0.3 is 0 Å². The molecule has 1 fully saturated rings. The van der Waals surface area contributed by atoms with Crippen molar-refractivity contribution in [2.45, 2.75) is 38.6 Å². The number of hydrogen-bond donors (Lipinski definition) is 2. The van der Waals surface area contributed by atoms with Crippen LogP contribution >= 0.6 is 15.9 Å². The summed E-state index contributed by atoms with van der Waals surface area (Å²) in [6.07, 6.45) is 5.92. The lowest BCUT2D eigenvalue weighted by Crippen LogP contribution is -2.35. The molecule has 0 aromatic carbocycles. The zero-order chi connectivity index (χ0) is 13.8. The Morgan fingerprint density at radius 2 is 2.37 bits per heavy atom. The predicted molar refractivity (Wildman–Crippen MR) is 78.7 cm³/mol. The number of hydrazine groups is 1. The molecule has 0 unspecified atom stereocenters. The molecule has 6 heteroatoms. The van der Waals surface area contributed by atoms with Gasteiger partial charge in [-0.3, -0.25) is 4.79 Å². The standard InChI is InChI=1S/C13H19BrN4O/c1-2-3-6-18(10-4-5-10)13(19)11-7-9(14)8-16-12(11)17-15/h7-8,10H,2-6,15H2,1H3,(H,16,17). The fourth-order valence-electron chi connectivity index (χ4n) is 2.04. The minimum Gasteiger partial charge on any atom is -0.336 e. The Bertz CT molecular complexity index is 462. The molecule has 19 heavy (non-hydrogen) atoms. The van der Waals surface area contributed by atoms with Gasteiger partial charge in [-0.2, -0.15) is 0 Å². The molecule has 1 aromatic rings. The quantitative estimate of drug-likeness (QED) is 0.622. The van der Waals surface area contributed by atoms with E-state index in [1.165, 1.54) is 0 Å². The van der Waals surface area contributed by atoms with Crippen molar-refractivity contribution in [1.29, 1.82) is 0 Å². The van der Waals surface area contributed by atoms with Crippen molar-refractivity contribution in [3.8, 4) is 0 Å². The molecule has 5 nitrogen and oxygen atoms in total. The van der Waals surface area contributed by atoms with Crippen LogP contribution in [0.2, 0.25) is 0 Å². The molecule has 0 bridgehead atoms. The highest BCUT2D eigenvalue weighted by Gasteiger charge is 2.33. The molecule has 0 radical (unpaired) electrons. The normalized spacial score (nSPS) is 14.3. The topological polar surface area (TPSA) is 71.2 Å². The highest BCUT2D eigenvalue weighted by molar-refractivity contribution is 9.10. The van der Waals surface area contributed by atoms with E-state index in [1.807, 2.05) is 4.90 Å². The molecule has 1 aromatic heterocycles. The van der Waals surface area contributed by atoms with Crippen LogP contribution in [0, 0.1) is 0 Å². The lowest BCUT2D eigenvalue weighted by atomic mass is 10.2. The summed E-state index contributed by atoms with van der Waals surface area (Å²) in [6.45, 7) is 2.93. The van der Waals surface area contributed by atoms with E-state index in [9.17, 15) is 4.79 Å². The zero-order valence-corrected chi connectivity index (χ0v) is 12.6. The number of unbranched alkanes of at least 4 members (excludes halogenated alkanes) is 1. The van der Waals surface area contributed by atoms with E-state index in [0.29, 0.717) is 17.4 Å². The van der Waals surface area contributed by atoms with Gasteiger partial charge in [0.15, 0.2) is 5.82 Å². The van der Waals surface area contributed by atoms with Crippen LogP contribution in [-0.2, 0) is 0 Å². The van der Waals surface area contributed by atoms with Crippen LogP contribution in [0.3, 0.4) is 0 Å². The maximum atomic E-state index is 12.6. The second kappa shape index (κ2) is 6.34. The lowest BCUT2D eigenvalue weighted by Gasteiger charge is -2.23. The van der Waals surface area contributed by atoms with Crippen molar-refractivity contribution in [2.75, 3.05) is 12.0 Å². The number of carbonyl (C=O) groups excluding carboxylic acids is 1. The van der Waals surface area contributed by atoms with Crippen LogP contribution in [0.15, 0.2) is 16.7 Å². The number of halogens is 1. The van der Waals surface area contributed by atoms with Crippen molar-refractivity contribution in [1.82, 2.24) is 9.88 Å². The first-order chi connectivity index (χ1) is 9.17.